The summed E-state index contributed by atoms with van der Waals surface area (Å²) in [7, 11) is 0. The van der Waals surface area contributed by atoms with Gasteiger partial charge in [-0.3, -0.25) is 10.1 Å². The zero-order valence-electron chi connectivity index (χ0n) is 14.0. The maximum atomic E-state index is 12.4. The van der Waals surface area contributed by atoms with Crippen LogP contribution >= 0.6 is 23.1 Å². The number of amides is 1. The number of hydrogen-bond donors (Lipinski definition) is 1. The zero-order valence-corrected chi connectivity index (χ0v) is 15.6. The van der Waals surface area contributed by atoms with Crippen molar-refractivity contribution in [3.05, 3.63) is 34.8 Å². The number of nitrogens with one attached hydrogen (secondary N) is 1. The molecule has 1 aromatic carbocycles. The second-order valence-electron chi connectivity index (χ2n) is 5.26. The topological polar surface area (TPSA) is 98.5 Å². The summed E-state index contributed by atoms with van der Waals surface area (Å²) in [5.74, 6) is -0.164. The lowest BCUT2D eigenvalue weighted by Gasteiger charge is -2.11. The van der Waals surface area contributed by atoms with Crippen LogP contribution in [0.5, 0.6) is 0 Å². The highest BCUT2D eigenvalue weighted by Gasteiger charge is 2.21. The van der Waals surface area contributed by atoms with E-state index < -0.39 is 0 Å². The van der Waals surface area contributed by atoms with Crippen molar-refractivity contribution in [2.45, 2.75) is 37.6 Å². The Bertz CT molecular complexity index is 876. The molecule has 0 unspecified atom stereocenters. The van der Waals surface area contributed by atoms with E-state index in [0.29, 0.717) is 10.3 Å². The quantitative estimate of drug-likeness (QED) is 0.661. The summed E-state index contributed by atoms with van der Waals surface area (Å²) in [6.07, 6.45) is 0.795. The van der Waals surface area contributed by atoms with Crippen molar-refractivity contribution >= 4 is 34.1 Å². The largest absolute Gasteiger partial charge is 0.300 e. The third-order valence-corrected chi connectivity index (χ3v) is 5.45. The van der Waals surface area contributed by atoms with Gasteiger partial charge in [-0.2, -0.15) is 4.68 Å². The van der Waals surface area contributed by atoms with Gasteiger partial charge >= 0.3 is 0 Å². The van der Waals surface area contributed by atoms with Gasteiger partial charge in [0.2, 0.25) is 16.2 Å². The smallest absolute Gasteiger partial charge is 0.239 e. The third-order valence-electron chi connectivity index (χ3n) is 3.44. The van der Waals surface area contributed by atoms with Crippen molar-refractivity contribution in [1.82, 2.24) is 30.4 Å². The molecule has 1 amide bonds. The van der Waals surface area contributed by atoms with Crippen LogP contribution < -0.4 is 5.32 Å². The number of tetrazole rings is 1. The standard InChI is InChI=1S/C15H17N7OS2/c1-4-12-17-18-14(25-12)16-13(23)10(3)24-15-19-20-21-22(15)11-8-6-5-7-9(11)2/h5-8,10H,4H2,1-3H3,(H,16,18,23)/t10-/m0/s1. The van der Waals surface area contributed by atoms with Crippen LogP contribution in [0.15, 0.2) is 29.4 Å². The van der Waals surface area contributed by atoms with Crippen molar-refractivity contribution < 1.29 is 4.79 Å². The van der Waals surface area contributed by atoms with E-state index in [2.05, 4.69) is 31.0 Å². The number of thioether (sulfide) groups is 1. The zero-order chi connectivity index (χ0) is 17.8. The van der Waals surface area contributed by atoms with Gasteiger partial charge in [0.15, 0.2) is 0 Å². The normalized spacial score (nSPS) is 12.1. The molecule has 0 saturated heterocycles. The monoisotopic (exact) mass is 375 g/mol. The first kappa shape index (κ1) is 17.5. The number of para-hydroxylation sites is 1. The maximum absolute atomic E-state index is 12.4. The summed E-state index contributed by atoms with van der Waals surface area (Å²) < 4.78 is 1.64. The number of rotatable bonds is 6. The number of aryl methyl sites for hydroxylation is 2. The van der Waals surface area contributed by atoms with Crippen LogP contribution in [0, 0.1) is 6.92 Å². The first-order valence-corrected chi connectivity index (χ1v) is 9.42. The van der Waals surface area contributed by atoms with E-state index >= 15 is 0 Å². The van der Waals surface area contributed by atoms with E-state index in [4.69, 9.17) is 0 Å². The molecule has 0 aliphatic rings. The lowest BCUT2D eigenvalue weighted by Crippen LogP contribution is -2.22. The van der Waals surface area contributed by atoms with E-state index in [1.165, 1.54) is 23.1 Å². The van der Waals surface area contributed by atoms with E-state index in [1.54, 1.807) is 11.6 Å². The highest BCUT2D eigenvalue weighted by molar-refractivity contribution is 8.00. The van der Waals surface area contributed by atoms with Gasteiger partial charge < -0.3 is 0 Å². The van der Waals surface area contributed by atoms with Crippen molar-refractivity contribution in [3.8, 4) is 5.69 Å². The molecule has 10 heteroatoms. The molecule has 0 fully saturated rings. The summed E-state index contributed by atoms with van der Waals surface area (Å²) in [4.78, 5) is 12.4. The molecule has 130 valence electrons. The average Bonchev–Trinajstić information content (AvgIpc) is 3.24. The maximum Gasteiger partial charge on any atom is 0.239 e. The van der Waals surface area contributed by atoms with Gasteiger partial charge in [-0.05, 0) is 42.3 Å². The van der Waals surface area contributed by atoms with E-state index in [-0.39, 0.29) is 11.2 Å². The van der Waals surface area contributed by atoms with E-state index in [1.807, 2.05) is 38.1 Å². The molecular formula is C15H17N7OS2. The molecule has 0 spiro atoms. The first-order valence-electron chi connectivity index (χ1n) is 7.72. The molecule has 3 rings (SSSR count). The Morgan fingerprint density at radius 2 is 2.12 bits per heavy atom. The predicted molar refractivity (Wildman–Crippen MR) is 97.1 cm³/mol. The Hall–Kier alpha value is -2.33. The van der Waals surface area contributed by atoms with Crippen LogP contribution in [0.1, 0.15) is 24.4 Å². The van der Waals surface area contributed by atoms with Crippen LogP contribution in [0.3, 0.4) is 0 Å². The van der Waals surface area contributed by atoms with Crippen molar-refractivity contribution in [1.29, 1.82) is 0 Å². The van der Waals surface area contributed by atoms with Crippen molar-refractivity contribution in [2.75, 3.05) is 5.32 Å². The minimum absolute atomic E-state index is 0.164. The third kappa shape index (κ3) is 4.02. The molecule has 2 heterocycles. The fourth-order valence-electron chi connectivity index (χ4n) is 2.07. The van der Waals surface area contributed by atoms with Gasteiger partial charge in [0.25, 0.3) is 0 Å². The van der Waals surface area contributed by atoms with Crippen LogP contribution in [0.4, 0.5) is 5.13 Å². The second-order valence-corrected chi connectivity index (χ2v) is 7.63. The SMILES string of the molecule is CCc1nnc(NC(=O)[C@H](C)Sc2nnnn2-c2ccccc2C)s1. The fourth-order valence-corrected chi connectivity index (χ4v) is 3.55. The van der Waals surface area contributed by atoms with Crippen LogP contribution in [0.2, 0.25) is 0 Å². The molecule has 3 aromatic rings. The van der Waals surface area contributed by atoms with Gasteiger partial charge in [0, 0.05) is 0 Å². The van der Waals surface area contributed by atoms with Crippen molar-refractivity contribution in [2.24, 2.45) is 0 Å². The number of benzene rings is 1. The molecule has 1 N–H and O–H groups in total. The summed E-state index contributed by atoms with van der Waals surface area (Å²) >= 11 is 2.67. The number of carbonyl (C=O) groups excluding carboxylic acids is 1. The second kappa shape index (κ2) is 7.70. The van der Waals surface area contributed by atoms with Crippen LogP contribution in [-0.4, -0.2) is 41.6 Å². The summed E-state index contributed by atoms with van der Waals surface area (Å²) in [5, 5.41) is 24.1. The van der Waals surface area contributed by atoms with E-state index in [0.717, 1.165) is 22.7 Å². The fraction of sp³-hybridized carbons (Fsp3) is 0.333. The Morgan fingerprint density at radius 3 is 2.84 bits per heavy atom. The number of carbonyl (C=O) groups is 1. The highest BCUT2D eigenvalue weighted by Crippen LogP contribution is 2.25. The van der Waals surface area contributed by atoms with Crippen molar-refractivity contribution in [3.63, 3.8) is 0 Å². The lowest BCUT2D eigenvalue weighted by molar-refractivity contribution is -0.115. The summed E-state index contributed by atoms with van der Waals surface area (Å²) in [6.45, 7) is 5.79. The Kier molecular flexibility index (Phi) is 5.39. The van der Waals surface area contributed by atoms with Gasteiger partial charge in [-0.15, -0.1) is 15.3 Å². The Morgan fingerprint density at radius 1 is 1.32 bits per heavy atom. The molecular weight excluding hydrogens is 358 g/mol. The van der Waals surface area contributed by atoms with Gasteiger partial charge in [0.1, 0.15) is 5.01 Å². The first-order chi connectivity index (χ1) is 12.1. The molecule has 0 radical (unpaired) electrons. The Labute approximate surface area is 153 Å². The van der Waals surface area contributed by atoms with Crippen LogP contribution in [-0.2, 0) is 11.2 Å². The number of nitrogens with zero attached hydrogens (tertiary/aromatic N) is 6. The predicted octanol–water partition coefficient (Wildman–Crippen LogP) is 2.50. The number of anilines is 1. The summed E-state index contributed by atoms with van der Waals surface area (Å²) in [5.41, 5.74) is 1.94. The van der Waals surface area contributed by atoms with Gasteiger partial charge in [-0.1, -0.05) is 48.2 Å². The number of aromatic nitrogens is 6. The lowest BCUT2D eigenvalue weighted by atomic mass is 10.2. The Balaban J connectivity index is 1.71. The molecule has 0 saturated carbocycles. The minimum atomic E-state index is -0.386. The average molecular weight is 375 g/mol. The highest BCUT2D eigenvalue weighted by atomic mass is 32.2. The summed E-state index contributed by atoms with van der Waals surface area (Å²) in [6, 6.07) is 7.81. The van der Waals surface area contributed by atoms with E-state index in [9.17, 15) is 4.79 Å². The molecule has 0 bridgehead atoms. The number of hydrogen-bond acceptors (Lipinski definition) is 8. The molecule has 1 atom stereocenters. The molecule has 25 heavy (non-hydrogen) atoms. The van der Waals surface area contributed by atoms with Crippen LogP contribution in [0.25, 0.3) is 5.69 Å². The van der Waals surface area contributed by atoms with Gasteiger partial charge in [-0.25, -0.2) is 0 Å². The molecule has 8 nitrogen and oxygen atoms in total. The molecule has 0 aliphatic heterocycles. The van der Waals surface area contributed by atoms with Gasteiger partial charge in [0.05, 0.1) is 10.9 Å². The molecule has 2 aromatic heterocycles. The minimum Gasteiger partial charge on any atom is -0.300 e. The molecule has 0 aliphatic carbocycles.